The maximum Gasteiger partial charge on any atom is 0.252 e. The van der Waals surface area contributed by atoms with Crippen LogP contribution in [-0.2, 0) is 0 Å². The highest BCUT2D eigenvalue weighted by atomic mass is 19.1. The molecule has 3 unspecified atom stereocenters. The van der Waals surface area contributed by atoms with Crippen LogP contribution in [0, 0.1) is 18.6 Å². The molecule has 3 N–H and O–H groups in total. The molecule has 1 fully saturated rings. The number of hydrazine groups is 1. The number of hydrogen-bond acceptors (Lipinski definition) is 3. The zero-order chi connectivity index (χ0) is 17.3. The molecule has 1 heterocycles. The molecule has 24 heavy (non-hydrogen) atoms. The molecule has 3 atom stereocenters. The monoisotopic (exact) mass is 331 g/mol. The fourth-order valence-corrected chi connectivity index (χ4v) is 2.99. The van der Waals surface area contributed by atoms with Crippen molar-refractivity contribution >= 4 is 5.91 Å². The van der Waals surface area contributed by atoms with Crippen LogP contribution >= 0.6 is 0 Å². The number of aryl methyl sites for hydroxylation is 1. The summed E-state index contributed by atoms with van der Waals surface area (Å²) >= 11 is 0. The van der Waals surface area contributed by atoms with E-state index in [2.05, 4.69) is 16.2 Å². The average Bonchev–Trinajstić information content (AvgIpc) is 2.88. The Morgan fingerprint density at radius 1 is 1.04 bits per heavy atom. The third-order valence-corrected chi connectivity index (χ3v) is 4.24. The lowest BCUT2D eigenvalue weighted by Gasteiger charge is -2.22. The summed E-state index contributed by atoms with van der Waals surface area (Å²) in [5.41, 5.74) is 8.31. The Kier molecular flexibility index (Phi) is 4.59. The maximum atomic E-state index is 13.3. The molecule has 2 aromatic carbocycles. The second-order valence-corrected chi connectivity index (χ2v) is 6.12. The summed E-state index contributed by atoms with van der Waals surface area (Å²) in [5.74, 6) is -2.09. The first-order valence-corrected chi connectivity index (χ1v) is 7.78. The van der Waals surface area contributed by atoms with Gasteiger partial charge in [0.2, 0.25) is 0 Å². The van der Waals surface area contributed by atoms with Gasteiger partial charge in [0.25, 0.3) is 5.91 Å². The van der Waals surface area contributed by atoms with Gasteiger partial charge in [0.15, 0.2) is 0 Å². The van der Waals surface area contributed by atoms with Gasteiger partial charge in [-0.25, -0.2) is 14.2 Å². The van der Waals surface area contributed by atoms with Gasteiger partial charge < -0.3 is 5.32 Å². The maximum absolute atomic E-state index is 13.3. The van der Waals surface area contributed by atoms with E-state index in [0.717, 1.165) is 29.3 Å². The Morgan fingerprint density at radius 2 is 1.67 bits per heavy atom. The Bertz CT molecular complexity index is 728. The number of nitrogens with one attached hydrogen (secondary N) is 3. The van der Waals surface area contributed by atoms with E-state index in [1.54, 1.807) is 0 Å². The molecule has 0 radical (unpaired) electrons. The predicted molar refractivity (Wildman–Crippen MR) is 87.3 cm³/mol. The lowest BCUT2D eigenvalue weighted by molar-refractivity contribution is 0.0927. The van der Waals surface area contributed by atoms with Gasteiger partial charge in [-0.2, -0.15) is 0 Å². The molecule has 1 aliphatic rings. The molecule has 0 saturated carbocycles. The topological polar surface area (TPSA) is 53.2 Å². The standard InChI is InChI=1S/C18H19F2N3O/c1-10-3-5-12(6-4-10)16-11(2)22-23-17(16)21-18(24)13-7-14(19)9-15(20)8-13/h3-9,11,16-17,22-23H,1-2H3,(H,21,24). The van der Waals surface area contributed by atoms with Gasteiger partial charge in [0.1, 0.15) is 17.8 Å². The fourth-order valence-electron chi connectivity index (χ4n) is 2.99. The number of carbonyl (C=O) groups is 1. The molecule has 6 heteroatoms. The number of rotatable bonds is 3. The molecular formula is C18H19F2N3O. The molecule has 4 nitrogen and oxygen atoms in total. The van der Waals surface area contributed by atoms with Crippen LogP contribution in [0.25, 0.3) is 0 Å². The van der Waals surface area contributed by atoms with Gasteiger partial charge in [-0.1, -0.05) is 29.8 Å². The SMILES string of the molecule is Cc1ccc(C2C(C)NNC2NC(=O)c2cc(F)cc(F)c2)cc1. The van der Waals surface area contributed by atoms with E-state index in [4.69, 9.17) is 0 Å². The first-order valence-electron chi connectivity index (χ1n) is 7.78. The van der Waals surface area contributed by atoms with Gasteiger partial charge in [0, 0.05) is 23.6 Å². The van der Waals surface area contributed by atoms with E-state index in [0.29, 0.717) is 0 Å². The van der Waals surface area contributed by atoms with Gasteiger partial charge in [-0.05, 0) is 31.5 Å². The average molecular weight is 331 g/mol. The van der Waals surface area contributed by atoms with E-state index in [1.165, 1.54) is 0 Å². The molecule has 0 bridgehead atoms. The Morgan fingerprint density at radius 3 is 2.29 bits per heavy atom. The van der Waals surface area contributed by atoms with Crippen molar-refractivity contribution in [2.75, 3.05) is 0 Å². The van der Waals surface area contributed by atoms with Crippen LogP contribution in [0.1, 0.15) is 34.3 Å². The molecule has 2 aromatic rings. The van der Waals surface area contributed by atoms with E-state index >= 15 is 0 Å². The van der Waals surface area contributed by atoms with Gasteiger partial charge >= 0.3 is 0 Å². The highest BCUT2D eigenvalue weighted by Gasteiger charge is 2.35. The Labute approximate surface area is 139 Å². The van der Waals surface area contributed by atoms with Crippen molar-refractivity contribution in [3.63, 3.8) is 0 Å². The van der Waals surface area contributed by atoms with Crippen LogP contribution in [0.4, 0.5) is 8.78 Å². The largest absolute Gasteiger partial charge is 0.335 e. The van der Waals surface area contributed by atoms with Crippen molar-refractivity contribution in [2.24, 2.45) is 0 Å². The lowest BCUT2D eigenvalue weighted by Crippen LogP contribution is -2.46. The minimum Gasteiger partial charge on any atom is -0.335 e. The van der Waals surface area contributed by atoms with Gasteiger partial charge in [-0.3, -0.25) is 10.2 Å². The van der Waals surface area contributed by atoms with E-state index < -0.39 is 17.5 Å². The number of hydrogen-bond donors (Lipinski definition) is 3. The fraction of sp³-hybridized carbons (Fsp3) is 0.278. The molecule has 1 saturated heterocycles. The van der Waals surface area contributed by atoms with Crippen LogP contribution < -0.4 is 16.2 Å². The van der Waals surface area contributed by atoms with Crippen LogP contribution in [0.5, 0.6) is 0 Å². The molecular weight excluding hydrogens is 312 g/mol. The first kappa shape index (κ1) is 16.5. The van der Waals surface area contributed by atoms with E-state index in [1.807, 2.05) is 38.1 Å². The zero-order valence-electron chi connectivity index (χ0n) is 13.4. The summed E-state index contributed by atoms with van der Waals surface area (Å²) in [6.45, 7) is 4.02. The van der Waals surface area contributed by atoms with Crippen molar-refractivity contribution < 1.29 is 13.6 Å². The normalized spacial score (nSPS) is 23.2. The molecule has 126 valence electrons. The number of halogens is 2. The minimum absolute atomic E-state index is 0.00652. The summed E-state index contributed by atoms with van der Waals surface area (Å²) in [5, 5.41) is 2.80. The number of amides is 1. The Balaban J connectivity index is 1.80. The molecule has 1 aliphatic heterocycles. The molecule has 0 spiro atoms. The molecule has 0 aliphatic carbocycles. The van der Waals surface area contributed by atoms with Gasteiger partial charge in [-0.15, -0.1) is 0 Å². The van der Waals surface area contributed by atoms with Crippen LogP contribution in [0.2, 0.25) is 0 Å². The van der Waals surface area contributed by atoms with Crippen LogP contribution in [-0.4, -0.2) is 18.1 Å². The minimum atomic E-state index is -0.777. The smallest absolute Gasteiger partial charge is 0.252 e. The lowest BCUT2D eigenvalue weighted by atomic mass is 9.91. The number of benzene rings is 2. The van der Waals surface area contributed by atoms with Gasteiger partial charge in [0.05, 0.1) is 0 Å². The van der Waals surface area contributed by atoms with Crippen LogP contribution in [0.15, 0.2) is 42.5 Å². The second-order valence-electron chi connectivity index (χ2n) is 6.12. The van der Waals surface area contributed by atoms with Crippen LogP contribution in [0.3, 0.4) is 0 Å². The highest BCUT2D eigenvalue weighted by Crippen LogP contribution is 2.26. The summed E-state index contributed by atoms with van der Waals surface area (Å²) < 4.78 is 26.6. The summed E-state index contributed by atoms with van der Waals surface area (Å²) in [7, 11) is 0. The third kappa shape index (κ3) is 3.44. The first-order chi connectivity index (χ1) is 11.4. The molecule has 3 rings (SSSR count). The molecule has 1 amide bonds. The highest BCUT2D eigenvalue weighted by molar-refractivity contribution is 5.94. The number of carbonyl (C=O) groups excluding carboxylic acids is 1. The van der Waals surface area contributed by atoms with Crippen molar-refractivity contribution in [3.05, 3.63) is 70.8 Å². The summed E-state index contributed by atoms with van der Waals surface area (Å²) in [6, 6.07) is 10.9. The molecule has 0 aromatic heterocycles. The van der Waals surface area contributed by atoms with Crippen molar-refractivity contribution in [1.29, 1.82) is 0 Å². The third-order valence-electron chi connectivity index (χ3n) is 4.24. The van der Waals surface area contributed by atoms with E-state index in [9.17, 15) is 13.6 Å². The summed E-state index contributed by atoms with van der Waals surface area (Å²) in [6.07, 6.45) is -0.387. The van der Waals surface area contributed by atoms with Crippen molar-refractivity contribution in [1.82, 2.24) is 16.2 Å². The Hall–Kier alpha value is -2.31. The van der Waals surface area contributed by atoms with E-state index in [-0.39, 0.29) is 23.7 Å². The zero-order valence-corrected chi connectivity index (χ0v) is 13.4. The summed E-state index contributed by atoms with van der Waals surface area (Å²) in [4.78, 5) is 12.3. The van der Waals surface area contributed by atoms with Crippen molar-refractivity contribution in [3.8, 4) is 0 Å². The second kappa shape index (κ2) is 6.67. The quantitative estimate of drug-likeness (QED) is 0.810. The van der Waals surface area contributed by atoms with Crippen molar-refractivity contribution in [2.45, 2.75) is 32.0 Å². The predicted octanol–water partition coefficient (Wildman–Crippen LogP) is 2.61.